The molecule has 37 heavy (non-hydrogen) atoms. The summed E-state index contributed by atoms with van der Waals surface area (Å²) in [4.78, 5) is 18.5. The van der Waals surface area contributed by atoms with E-state index in [2.05, 4.69) is 42.5 Å². The van der Waals surface area contributed by atoms with E-state index in [0.717, 1.165) is 66.9 Å². The number of nitrogens with one attached hydrogen (secondary N) is 2. The van der Waals surface area contributed by atoms with E-state index in [9.17, 15) is 0 Å². The molecule has 0 spiro atoms. The first-order valence-electron chi connectivity index (χ1n) is 12.3. The molecule has 10 heteroatoms. The highest BCUT2D eigenvalue weighted by atomic mass is 32.1. The van der Waals surface area contributed by atoms with Crippen LogP contribution in [0.4, 0.5) is 11.6 Å². The normalized spacial score (nSPS) is 15.5. The van der Waals surface area contributed by atoms with Crippen LogP contribution < -0.4 is 20.1 Å². The van der Waals surface area contributed by atoms with Crippen LogP contribution in [-0.2, 0) is 6.54 Å². The molecule has 1 saturated heterocycles. The molecule has 192 valence electrons. The van der Waals surface area contributed by atoms with Crippen molar-refractivity contribution < 1.29 is 9.47 Å². The molecule has 2 aromatic carbocycles. The van der Waals surface area contributed by atoms with Gasteiger partial charge < -0.3 is 19.7 Å². The van der Waals surface area contributed by atoms with Crippen molar-refractivity contribution in [1.82, 2.24) is 19.8 Å². The van der Waals surface area contributed by atoms with E-state index >= 15 is 0 Å². The number of aromatic nitrogens is 2. The van der Waals surface area contributed by atoms with Crippen LogP contribution in [-0.4, -0.2) is 63.8 Å². The summed E-state index contributed by atoms with van der Waals surface area (Å²) in [6.45, 7) is 10.4. The number of hydrogen-bond acceptors (Lipinski definition) is 6. The second-order valence-electron chi connectivity index (χ2n) is 9.23. The van der Waals surface area contributed by atoms with Crippen LogP contribution in [0.25, 0.3) is 0 Å². The van der Waals surface area contributed by atoms with Gasteiger partial charge >= 0.3 is 0 Å². The van der Waals surface area contributed by atoms with Gasteiger partial charge in [-0.3, -0.25) is 10.2 Å². The lowest BCUT2D eigenvalue weighted by Gasteiger charge is -2.36. The van der Waals surface area contributed by atoms with E-state index in [4.69, 9.17) is 26.7 Å². The van der Waals surface area contributed by atoms with Crippen LogP contribution in [0.15, 0.2) is 53.5 Å². The molecule has 0 aliphatic carbocycles. The first kappa shape index (κ1) is 24.9. The number of piperazine rings is 1. The Hall–Kier alpha value is -3.76. The van der Waals surface area contributed by atoms with Gasteiger partial charge in [-0.15, -0.1) is 0 Å². The molecule has 1 aromatic heterocycles. The third kappa shape index (κ3) is 6.33. The minimum Gasteiger partial charge on any atom is -0.454 e. The summed E-state index contributed by atoms with van der Waals surface area (Å²) < 4.78 is 11.0. The third-order valence-electron chi connectivity index (χ3n) is 6.31. The van der Waals surface area contributed by atoms with Crippen LogP contribution in [0.3, 0.4) is 0 Å². The minimum atomic E-state index is 0.289. The Kier molecular flexibility index (Phi) is 7.47. The Labute approximate surface area is 222 Å². The van der Waals surface area contributed by atoms with Crippen LogP contribution in [0.1, 0.15) is 22.5 Å². The second-order valence-corrected chi connectivity index (χ2v) is 9.62. The van der Waals surface area contributed by atoms with Crippen molar-refractivity contribution in [2.45, 2.75) is 27.3 Å². The Morgan fingerprint density at radius 3 is 2.41 bits per heavy atom. The van der Waals surface area contributed by atoms with Crippen molar-refractivity contribution in [2.24, 2.45) is 4.99 Å². The zero-order chi connectivity index (χ0) is 25.8. The van der Waals surface area contributed by atoms with Gasteiger partial charge in [0.05, 0.1) is 0 Å². The predicted octanol–water partition coefficient (Wildman–Crippen LogP) is 4.11. The molecule has 2 aliphatic rings. The van der Waals surface area contributed by atoms with E-state index in [0.29, 0.717) is 17.0 Å². The lowest BCUT2D eigenvalue weighted by Crippen LogP contribution is -2.50. The smallest absolute Gasteiger partial charge is 0.231 e. The number of fused-ring (bicyclic) bond motifs is 1. The van der Waals surface area contributed by atoms with Crippen molar-refractivity contribution >= 4 is 34.9 Å². The second kappa shape index (κ2) is 11.1. The maximum Gasteiger partial charge on any atom is 0.231 e. The third-order valence-corrected chi connectivity index (χ3v) is 6.51. The van der Waals surface area contributed by atoms with Crippen molar-refractivity contribution in [2.75, 3.05) is 43.6 Å². The van der Waals surface area contributed by atoms with Gasteiger partial charge in [-0.25, -0.2) is 9.97 Å². The number of aryl methyl sites for hydroxylation is 3. The largest absolute Gasteiger partial charge is 0.454 e. The van der Waals surface area contributed by atoms with Crippen molar-refractivity contribution in [3.05, 3.63) is 71.0 Å². The number of anilines is 2. The number of nitrogens with zero attached hydrogens (tertiary/aromatic N) is 5. The molecule has 0 atom stereocenters. The number of aliphatic imine (C=N–C) groups is 1. The molecule has 0 bridgehead atoms. The average Bonchev–Trinajstić information content (AvgIpc) is 3.33. The number of benzene rings is 2. The summed E-state index contributed by atoms with van der Waals surface area (Å²) in [5.41, 5.74) is 5.03. The summed E-state index contributed by atoms with van der Waals surface area (Å²) in [6, 6.07) is 16.1. The van der Waals surface area contributed by atoms with Crippen LogP contribution in [0.2, 0.25) is 0 Å². The monoisotopic (exact) mass is 517 g/mol. The summed E-state index contributed by atoms with van der Waals surface area (Å²) in [5, 5.41) is 6.96. The van der Waals surface area contributed by atoms with E-state index in [-0.39, 0.29) is 6.79 Å². The summed E-state index contributed by atoms with van der Waals surface area (Å²) in [7, 11) is 0. The molecular formula is C27H31N7O2S. The fourth-order valence-electron chi connectivity index (χ4n) is 4.43. The van der Waals surface area contributed by atoms with Crippen LogP contribution in [0, 0.1) is 20.8 Å². The van der Waals surface area contributed by atoms with Crippen molar-refractivity contribution in [1.29, 1.82) is 0 Å². The Morgan fingerprint density at radius 2 is 1.65 bits per heavy atom. The zero-order valence-electron chi connectivity index (χ0n) is 21.3. The van der Waals surface area contributed by atoms with Gasteiger partial charge in [-0.1, -0.05) is 24.3 Å². The molecule has 2 N–H and O–H groups in total. The first-order valence-corrected chi connectivity index (χ1v) is 12.7. The fraction of sp³-hybridized carbons (Fsp3) is 0.333. The first-order chi connectivity index (χ1) is 17.9. The molecule has 0 amide bonds. The van der Waals surface area contributed by atoms with Gasteiger partial charge in [0.1, 0.15) is 0 Å². The van der Waals surface area contributed by atoms with Gasteiger partial charge in [0.15, 0.2) is 11.5 Å². The maximum absolute atomic E-state index is 5.62. The van der Waals surface area contributed by atoms with E-state index in [1.165, 1.54) is 5.56 Å². The summed E-state index contributed by atoms with van der Waals surface area (Å²) in [6.07, 6.45) is 0. The van der Waals surface area contributed by atoms with E-state index < -0.39 is 0 Å². The predicted molar refractivity (Wildman–Crippen MR) is 149 cm³/mol. The standard InChI is InChI=1S/C27H31N7O2S/c1-18-6-4-5-7-22(18)30-27(37)32-26(31-25-28-19(2)14-20(3)29-25)34-12-10-33(11-13-34)16-21-8-9-23-24(15-21)36-17-35-23/h4-9,14-15H,10-13,16-17H2,1-3H3,(H2,28,29,30,31,32,37). The van der Waals surface area contributed by atoms with Gasteiger partial charge in [0, 0.05) is 49.8 Å². The van der Waals surface area contributed by atoms with Gasteiger partial charge in [0.25, 0.3) is 0 Å². The number of rotatable bonds is 4. The highest BCUT2D eigenvalue weighted by Gasteiger charge is 2.22. The summed E-state index contributed by atoms with van der Waals surface area (Å²) in [5.74, 6) is 2.78. The molecule has 9 nitrogen and oxygen atoms in total. The molecule has 3 aromatic rings. The molecular weight excluding hydrogens is 486 g/mol. The molecule has 5 rings (SSSR count). The number of hydrogen-bond donors (Lipinski definition) is 2. The maximum atomic E-state index is 5.62. The minimum absolute atomic E-state index is 0.289. The lowest BCUT2D eigenvalue weighted by molar-refractivity contribution is 0.172. The molecule has 3 heterocycles. The molecule has 0 radical (unpaired) electrons. The van der Waals surface area contributed by atoms with Gasteiger partial charge in [-0.05, 0) is 68.4 Å². The average molecular weight is 518 g/mol. The number of ether oxygens (including phenoxy) is 2. The SMILES string of the molecule is Cc1cc(C)nc(N/C(=N/C(=S)Nc2ccccc2C)N2CCN(Cc3ccc4c(c3)OCO4)CC2)n1. The van der Waals surface area contributed by atoms with E-state index in [1.807, 2.05) is 57.2 Å². The van der Waals surface area contributed by atoms with Crippen LogP contribution >= 0.6 is 12.2 Å². The van der Waals surface area contributed by atoms with Gasteiger partial charge in [-0.2, -0.15) is 4.99 Å². The Bertz CT molecular complexity index is 1300. The topological polar surface area (TPSA) is 87.1 Å². The quantitative estimate of drug-likeness (QED) is 0.302. The van der Waals surface area contributed by atoms with Gasteiger partial charge in [0.2, 0.25) is 23.8 Å². The Morgan fingerprint density at radius 1 is 0.919 bits per heavy atom. The highest BCUT2D eigenvalue weighted by Crippen LogP contribution is 2.32. The van der Waals surface area contributed by atoms with E-state index in [1.54, 1.807) is 0 Å². The van der Waals surface area contributed by atoms with Crippen molar-refractivity contribution in [3.63, 3.8) is 0 Å². The fourth-order valence-corrected chi connectivity index (χ4v) is 4.62. The number of guanidine groups is 1. The van der Waals surface area contributed by atoms with Crippen LogP contribution in [0.5, 0.6) is 11.5 Å². The molecule has 2 aliphatic heterocycles. The zero-order valence-corrected chi connectivity index (χ0v) is 22.1. The Balaban J connectivity index is 1.29. The number of thiocarbonyl (C=S) groups is 1. The molecule has 0 saturated carbocycles. The molecule has 1 fully saturated rings. The lowest BCUT2D eigenvalue weighted by atomic mass is 10.1. The van der Waals surface area contributed by atoms with Crippen molar-refractivity contribution in [3.8, 4) is 11.5 Å². The summed E-state index contributed by atoms with van der Waals surface area (Å²) >= 11 is 5.62. The highest BCUT2D eigenvalue weighted by molar-refractivity contribution is 7.80. The molecule has 0 unspecified atom stereocenters. The number of para-hydroxylation sites is 1.